The van der Waals surface area contributed by atoms with Gasteiger partial charge in [-0.25, -0.2) is 0 Å². The van der Waals surface area contributed by atoms with Gasteiger partial charge in [0, 0.05) is 28.1 Å². The van der Waals surface area contributed by atoms with E-state index >= 15 is 0 Å². The number of hydrogen-bond donors (Lipinski definition) is 1. The molecule has 0 fully saturated rings. The highest BCUT2D eigenvalue weighted by Gasteiger charge is 2.25. The molecule has 4 nitrogen and oxygen atoms in total. The van der Waals surface area contributed by atoms with Crippen molar-refractivity contribution in [1.82, 2.24) is 9.88 Å². The van der Waals surface area contributed by atoms with Crippen LogP contribution in [0.4, 0.5) is 0 Å². The number of benzene rings is 2. The van der Waals surface area contributed by atoms with Crippen molar-refractivity contribution >= 4 is 22.7 Å². The van der Waals surface area contributed by atoms with E-state index in [1.807, 2.05) is 88.5 Å². The Morgan fingerprint density at radius 3 is 2.23 bits per heavy atom. The first-order valence-corrected chi connectivity index (χ1v) is 8.80. The Hall–Kier alpha value is -2.88. The van der Waals surface area contributed by atoms with E-state index < -0.39 is 5.41 Å². The Balaban J connectivity index is 2.03. The molecule has 4 heteroatoms. The summed E-state index contributed by atoms with van der Waals surface area (Å²) >= 11 is 0. The van der Waals surface area contributed by atoms with Gasteiger partial charge in [-0.3, -0.25) is 14.2 Å². The average molecular weight is 348 g/mol. The molecule has 0 saturated carbocycles. The van der Waals surface area contributed by atoms with Crippen molar-refractivity contribution in [2.75, 3.05) is 0 Å². The Bertz CT molecular complexity index is 949. The summed E-state index contributed by atoms with van der Waals surface area (Å²) in [4.78, 5) is 25.3. The van der Waals surface area contributed by atoms with E-state index in [0.717, 1.165) is 16.5 Å². The largest absolute Gasteiger partial charge is 0.349 e. The summed E-state index contributed by atoms with van der Waals surface area (Å²) in [5.74, 6) is -0.0985. The van der Waals surface area contributed by atoms with Gasteiger partial charge in [0.2, 0.25) is 5.91 Å². The highest BCUT2D eigenvalue weighted by Crippen LogP contribution is 2.28. The number of nitrogens with one attached hydrogen (secondary N) is 1. The molecule has 0 aliphatic rings. The van der Waals surface area contributed by atoms with Gasteiger partial charge < -0.3 is 5.32 Å². The smallest absolute Gasteiger partial charge is 0.262 e. The van der Waals surface area contributed by atoms with E-state index in [4.69, 9.17) is 0 Å². The lowest BCUT2D eigenvalue weighted by Gasteiger charge is -2.21. The van der Waals surface area contributed by atoms with E-state index in [9.17, 15) is 9.59 Å². The predicted octanol–water partition coefficient (Wildman–Crippen LogP) is 4.55. The van der Waals surface area contributed by atoms with Crippen LogP contribution in [0.2, 0.25) is 0 Å². The molecule has 3 rings (SSSR count). The van der Waals surface area contributed by atoms with Gasteiger partial charge in [-0.05, 0) is 25.1 Å². The number of amides is 1. The van der Waals surface area contributed by atoms with Crippen LogP contribution >= 0.6 is 0 Å². The van der Waals surface area contributed by atoms with Gasteiger partial charge in [0.05, 0.1) is 11.6 Å². The molecule has 2 aromatic carbocycles. The molecule has 0 radical (unpaired) electrons. The zero-order chi connectivity index (χ0) is 18.9. The molecule has 1 unspecified atom stereocenters. The topological polar surface area (TPSA) is 51.1 Å². The molecular weight excluding hydrogens is 324 g/mol. The number of carbonyl (C=O) groups is 2. The van der Waals surface area contributed by atoms with Gasteiger partial charge in [0.15, 0.2) is 0 Å². The monoisotopic (exact) mass is 348 g/mol. The summed E-state index contributed by atoms with van der Waals surface area (Å²) in [5, 5.41) is 4.03. The lowest BCUT2D eigenvalue weighted by atomic mass is 9.94. The number of fused-ring (bicyclic) bond motifs is 1. The standard InChI is InChI=1S/C22H24N2O2/c1-15(23-21(26)22(2,3)4)18-14-24(19-13-9-8-12-17(18)19)20(25)16-10-6-5-7-11-16/h5-15H,1-4H3,(H,23,26). The third kappa shape index (κ3) is 3.40. The molecular formula is C22H24N2O2. The summed E-state index contributed by atoms with van der Waals surface area (Å²) < 4.78 is 1.67. The molecule has 134 valence electrons. The normalized spacial score (nSPS) is 12.8. The van der Waals surface area contributed by atoms with E-state index in [2.05, 4.69) is 5.32 Å². The first-order chi connectivity index (χ1) is 12.3. The number of rotatable bonds is 3. The molecule has 1 amide bonds. The molecule has 26 heavy (non-hydrogen) atoms. The van der Waals surface area contributed by atoms with Crippen LogP contribution in [-0.4, -0.2) is 16.4 Å². The van der Waals surface area contributed by atoms with Crippen LogP contribution in [0.5, 0.6) is 0 Å². The Kier molecular flexibility index (Phi) is 4.68. The second-order valence-corrected chi connectivity index (χ2v) is 7.59. The van der Waals surface area contributed by atoms with Gasteiger partial charge in [0.1, 0.15) is 0 Å². The van der Waals surface area contributed by atoms with Crippen LogP contribution in [0.3, 0.4) is 0 Å². The van der Waals surface area contributed by atoms with E-state index in [-0.39, 0.29) is 17.9 Å². The van der Waals surface area contributed by atoms with Crippen LogP contribution in [0.1, 0.15) is 49.7 Å². The van der Waals surface area contributed by atoms with Crippen molar-refractivity contribution < 1.29 is 9.59 Å². The van der Waals surface area contributed by atoms with Crippen molar-refractivity contribution in [2.24, 2.45) is 5.41 Å². The molecule has 0 bridgehead atoms. The second-order valence-electron chi connectivity index (χ2n) is 7.59. The maximum absolute atomic E-state index is 13.0. The molecule has 1 atom stereocenters. The highest BCUT2D eigenvalue weighted by molar-refractivity contribution is 6.03. The van der Waals surface area contributed by atoms with Crippen molar-refractivity contribution in [3.05, 3.63) is 71.9 Å². The van der Waals surface area contributed by atoms with E-state index in [1.54, 1.807) is 4.57 Å². The maximum atomic E-state index is 13.0. The number of aromatic nitrogens is 1. The van der Waals surface area contributed by atoms with Gasteiger partial charge in [0.25, 0.3) is 5.91 Å². The molecule has 3 aromatic rings. The fourth-order valence-corrected chi connectivity index (χ4v) is 2.93. The Morgan fingerprint density at radius 1 is 0.962 bits per heavy atom. The summed E-state index contributed by atoms with van der Waals surface area (Å²) in [6, 6.07) is 16.8. The zero-order valence-electron chi connectivity index (χ0n) is 15.6. The van der Waals surface area contributed by atoms with E-state index in [0.29, 0.717) is 5.56 Å². The lowest BCUT2D eigenvalue weighted by molar-refractivity contribution is -0.129. The van der Waals surface area contributed by atoms with Crippen LogP contribution in [0, 0.1) is 5.41 Å². The molecule has 0 aliphatic carbocycles. The molecule has 0 aliphatic heterocycles. The fourth-order valence-electron chi connectivity index (χ4n) is 2.93. The first-order valence-electron chi connectivity index (χ1n) is 8.80. The lowest BCUT2D eigenvalue weighted by Crippen LogP contribution is -2.36. The Morgan fingerprint density at radius 2 is 1.58 bits per heavy atom. The van der Waals surface area contributed by atoms with Gasteiger partial charge in [-0.2, -0.15) is 0 Å². The molecule has 1 aromatic heterocycles. The SMILES string of the molecule is CC(NC(=O)C(C)(C)C)c1cn(C(=O)c2ccccc2)c2ccccc12. The van der Waals surface area contributed by atoms with E-state index in [1.165, 1.54) is 0 Å². The van der Waals surface area contributed by atoms with Crippen molar-refractivity contribution in [1.29, 1.82) is 0 Å². The average Bonchev–Trinajstić information content (AvgIpc) is 3.01. The van der Waals surface area contributed by atoms with Crippen molar-refractivity contribution in [3.8, 4) is 0 Å². The van der Waals surface area contributed by atoms with Crippen LogP contribution in [0.25, 0.3) is 10.9 Å². The van der Waals surface area contributed by atoms with Gasteiger partial charge in [-0.15, -0.1) is 0 Å². The molecule has 1 heterocycles. The highest BCUT2D eigenvalue weighted by atomic mass is 16.2. The number of nitrogens with zero attached hydrogens (tertiary/aromatic N) is 1. The number of para-hydroxylation sites is 1. The minimum atomic E-state index is -0.466. The molecule has 1 N–H and O–H groups in total. The number of carbonyl (C=O) groups excluding carboxylic acids is 2. The fraction of sp³-hybridized carbons (Fsp3) is 0.273. The zero-order valence-corrected chi connectivity index (χ0v) is 15.6. The Labute approximate surface area is 153 Å². The van der Waals surface area contributed by atoms with Gasteiger partial charge in [-0.1, -0.05) is 57.2 Å². The maximum Gasteiger partial charge on any atom is 0.262 e. The first kappa shape index (κ1) is 17.9. The quantitative estimate of drug-likeness (QED) is 0.755. The third-order valence-corrected chi connectivity index (χ3v) is 4.48. The molecule has 0 spiro atoms. The number of hydrogen-bond acceptors (Lipinski definition) is 2. The minimum absolute atomic E-state index is 0.0174. The van der Waals surface area contributed by atoms with Crippen molar-refractivity contribution in [2.45, 2.75) is 33.7 Å². The van der Waals surface area contributed by atoms with Crippen LogP contribution in [0.15, 0.2) is 60.8 Å². The molecule has 0 saturated heterocycles. The van der Waals surface area contributed by atoms with Crippen LogP contribution in [-0.2, 0) is 4.79 Å². The van der Waals surface area contributed by atoms with Gasteiger partial charge >= 0.3 is 0 Å². The minimum Gasteiger partial charge on any atom is -0.349 e. The summed E-state index contributed by atoms with van der Waals surface area (Å²) in [6.07, 6.45) is 1.84. The van der Waals surface area contributed by atoms with Crippen LogP contribution < -0.4 is 5.32 Å². The summed E-state index contributed by atoms with van der Waals surface area (Å²) in [6.45, 7) is 7.61. The third-order valence-electron chi connectivity index (χ3n) is 4.48. The predicted molar refractivity (Wildman–Crippen MR) is 104 cm³/mol. The van der Waals surface area contributed by atoms with Crippen molar-refractivity contribution in [3.63, 3.8) is 0 Å². The summed E-state index contributed by atoms with van der Waals surface area (Å²) in [5.41, 5.74) is 1.94. The summed E-state index contributed by atoms with van der Waals surface area (Å²) in [7, 11) is 0. The second kappa shape index (κ2) is 6.79.